The van der Waals surface area contributed by atoms with E-state index in [-0.39, 0.29) is 5.91 Å². The lowest BCUT2D eigenvalue weighted by atomic mass is 10.2. The van der Waals surface area contributed by atoms with Crippen LogP contribution in [0.5, 0.6) is 0 Å². The van der Waals surface area contributed by atoms with Crippen molar-refractivity contribution in [3.05, 3.63) is 42.0 Å². The van der Waals surface area contributed by atoms with Crippen molar-refractivity contribution in [1.82, 2.24) is 4.90 Å². The van der Waals surface area contributed by atoms with E-state index in [0.717, 1.165) is 38.5 Å². The van der Waals surface area contributed by atoms with Crippen molar-refractivity contribution in [3.63, 3.8) is 0 Å². The van der Waals surface area contributed by atoms with Crippen LogP contribution in [-0.2, 0) is 16.1 Å². The zero-order chi connectivity index (χ0) is 13.7. The number of carbonyl (C=O) groups excluding carboxylic acids is 1. The van der Waals surface area contributed by atoms with Crippen molar-refractivity contribution in [3.8, 4) is 0 Å². The fourth-order valence-electron chi connectivity index (χ4n) is 1.95. The number of benzene rings is 1. The van der Waals surface area contributed by atoms with Gasteiger partial charge in [-0.3, -0.25) is 9.69 Å². The molecule has 0 spiro atoms. The van der Waals surface area contributed by atoms with E-state index >= 15 is 0 Å². The number of ether oxygens (including phenoxy) is 1. The average molecular weight is 260 g/mol. The molecule has 1 N–H and O–H groups in total. The van der Waals surface area contributed by atoms with Crippen molar-refractivity contribution in [2.45, 2.75) is 13.5 Å². The van der Waals surface area contributed by atoms with Crippen LogP contribution in [0.3, 0.4) is 0 Å². The van der Waals surface area contributed by atoms with Crippen LogP contribution in [0.4, 0.5) is 5.69 Å². The minimum absolute atomic E-state index is 0.138. The molecule has 0 unspecified atom stereocenters. The van der Waals surface area contributed by atoms with Gasteiger partial charge in [0.2, 0.25) is 0 Å². The molecular formula is C15H20N2O2. The van der Waals surface area contributed by atoms with Gasteiger partial charge < -0.3 is 10.1 Å². The van der Waals surface area contributed by atoms with Gasteiger partial charge in [-0.2, -0.15) is 0 Å². The summed E-state index contributed by atoms with van der Waals surface area (Å²) < 4.78 is 5.33. The maximum absolute atomic E-state index is 11.5. The van der Waals surface area contributed by atoms with E-state index in [4.69, 9.17) is 4.74 Å². The fraction of sp³-hybridized carbons (Fsp3) is 0.400. The largest absolute Gasteiger partial charge is 0.379 e. The molecule has 1 aliphatic heterocycles. The molecule has 19 heavy (non-hydrogen) atoms. The van der Waals surface area contributed by atoms with Gasteiger partial charge in [-0.1, -0.05) is 18.7 Å². The van der Waals surface area contributed by atoms with E-state index in [1.807, 2.05) is 24.3 Å². The number of nitrogens with zero attached hydrogens (tertiary/aromatic N) is 1. The summed E-state index contributed by atoms with van der Waals surface area (Å²) in [6.45, 7) is 9.83. The van der Waals surface area contributed by atoms with Crippen LogP contribution in [0.15, 0.2) is 36.4 Å². The molecule has 1 aliphatic rings. The molecule has 4 heteroatoms. The van der Waals surface area contributed by atoms with Gasteiger partial charge in [0.05, 0.1) is 13.2 Å². The van der Waals surface area contributed by atoms with Gasteiger partial charge in [0.1, 0.15) is 0 Å². The van der Waals surface area contributed by atoms with Gasteiger partial charge in [-0.05, 0) is 24.6 Å². The lowest BCUT2D eigenvalue weighted by Crippen LogP contribution is -2.35. The van der Waals surface area contributed by atoms with Crippen LogP contribution in [0.1, 0.15) is 12.5 Å². The number of hydrogen-bond donors (Lipinski definition) is 1. The maximum Gasteiger partial charge on any atom is 0.250 e. The quantitative estimate of drug-likeness (QED) is 0.842. The average Bonchev–Trinajstić information content (AvgIpc) is 2.42. The summed E-state index contributed by atoms with van der Waals surface area (Å²) in [5, 5.41) is 2.80. The molecule has 1 aromatic rings. The summed E-state index contributed by atoms with van der Waals surface area (Å²) in [7, 11) is 0. The highest BCUT2D eigenvalue weighted by atomic mass is 16.5. The molecule has 102 valence electrons. The van der Waals surface area contributed by atoms with E-state index in [9.17, 15) is 4.79 Å². The Hall–Kier alpha value is -1.65. The third-order valence-corrected chi connectivity index (χ3v) is 3.11. The number of carbonyl (C=O) groups is 1. The first-order chi connectivity index (χ1) is 9.15. The zero-order valence-electron chi connectivity index (χ0n) is 11.3. The lowest BCUT2D eigenvalue weighted by Gasteiger charge is -2.26. The molecule has 0 bridgehead atoms. The molecule has 2 rings (SSSR count). The number of hydrogen-bond acceptors (Lipinski definition) is 3. The third-order valence-electron chi connectivity index (χ3n) is 3.11. The summed E-state index contributed by atoms with van der Waals surface area (Å²) in [5.74, 6) is -0.138. The highest BCUT2D eigenvalue weighted by Crippen LogP contribution is 2.13. The Morgan fingerprint density at radius 2 is 1.95 bits per heavy atom. The first-order valence-electron chi connectivity index (χ1n) is 6.51. The maximum atomic E-state index is 11.5. The molecular weight excluding hydrogens is 240 g/mol. The Balaban J connectivity index is 1.90. The van der Waals surface area contributed by atoms with Gasteiger partial charge in [0.15, 0.2) is 0 Å². The monoisotopic (exact) mass is 260 g/mol. The fourth-order valence-corrected chi connectivity index (χ4v) is 1.95. The van der Waals surface area contributed by atoms with Crippen molar-refractivity contribution in [1.29, 1.82) is 0 Å². The Labute approximate surface area is 114 Å². The van der Waals surface area contributed by atoms with E-state index in [0.29, 0.717) is 5.57 Å². The van der Waals surface area contributed by atoms with Crippen molar-refractivity contribution >= 4 is 11.6 Å². The summed E-state index contributed by atoms with van der Waals surface area (Å²) >= 11 is 0. The van der Waals surface area contributed by atoms with Gasteiger partial charge in [0.25, 0.3) is 5.91 Å². The van der Waals surface area contributed by atoms with Crippen LogP contribution in [-0.4, -0.2) is 37.1 Å². The predicted molar refractivity (Wildman–Crippen MR) is 76.0 cm³/mol. The van der Waals surface area contributed by atoms with E-state index in [1.54, 1.807) is 6.92 Å². The molecule has 0 aliphatic carbocycles. The van der Waals surface area contributed by atoms with E-state index < -0.39 is 0 Å². The second-order valence-electron chi connectivity index (χ2n) is 4.82. The standard InChI is InChI=1S/C15H20N2O2/c1-12(2)15(18)16-14-5-3-13(4-6-14)11-17-7-9-19-10-8-17/h3-6H,1,7-11H2,2H3,(H,16,18). The molecule has 1 amide bonds. The Bertz CT molecular complexity index is 448. The zero-order valence-corrected chi connectivity index (χ0v) is 11.3. The minimum atomic E-state index is -0.138. The van der Waals surface area contributed by atoms with Crippen LogP contribution >= 0.6 is 0 Å². The van der Waals surface area contributed by atoms with Gasteiger partial charge in [0, 0.05) is 30.9 Å². The molecule has 0 aromatic heterocycles. The summed E-state index contributed by atoms with van der Waals surface area (Å²) in [6.07, 6.45) is 0. The predicted octanol–water partition coefficient (Wildman–Crippen LogP) is 2.03. The Morgan fingerprint density at radius 3 is 2.53 bits per heavy atom. The lowest BCUT2D eigenvalue weighted by molar-refractivity contribution is -0.112. The highest BCUT2D eigenvalue weighted by Gasteiger charge is 2.10. The van der Waals surface area contributed by atoms with Crippen LogP contribution in [0.25, 0.3) is 0 Å². The van der Waals surface area contributed by atoms with Crippen LogP contribution in [0, 0.1) is 0 Å². The SMILES string of the molecule is C=C(C)C(=O)Nc1ccc(CN2CCOCC2)cc1. The molecule has 0 radical (unpaired) electrons. The first kappa shape index (κ1) is 13.8. The molecule has 0 saturated carbocycles. The van der Waals surface area contributed by atoms with Crippen molar-refractivity contribution < 1.29 is 9.53 Å². The molecule has 4 nitrogen and oxygen atoms in total. The first-order valence-corrected chi connectivity index (χ1v) is 6.51. The number of amides is 1. The molecule has 1 aromatic carbocycles. The summed E-state index contributed by atoms with van der Waals surface area (Å²) in [5.41, 5.74) is 2.56. The number of anilines is 1. The summed E-state index contributed by atoms with van der Waals surface area (Å²) in [4.78, 5) is 13.8. The number of rotatable bonds is 4. The van der Waals surface area contributed by atoms with Gasteiger partial charge in [-0.15, -0.1) is 0 Å². The molecule has 1 saturated heterocycles. The minimum Gasteiger partial charge on any atom is -0.379 e. The van der Waals surface area contributed by atoms with Crippen molar-refractivity contribution in [2.75, 3.05) is 31.6 Å². The summed E-state index contributed by atoms with van der Waals surface area (Å²) in [6, 6.07) is 7.94. The number of morpholine rings is 1. The highest BCUT2D eigenvalue weighted by molar-refractivity contribution is 6.02. The van der Waals surface area contributed by atoms with Crippen LogP contribution in [0.2, 0.25) is 0 Å². The third kappa shape index (κ3) is 4.19. The second-order valence-corrected chi connectivity index (χ2v) is 4.82. The van der Waals surface area contributed by atoms with Crippen LogP contribution < -0.4 is 5.32 Å². The Kier molecular flexibility index (Phi) is 4.71. The Morgan fingerprint density at radius 1 is 1.32 bits per heavy atom. The smallest absolute Gasteiger partial charge is 0.250 e. The molecule has 0 atom stereocenters. The van der Waals surface area contributed by atoms with Crippen molar-refractivity contribution in [2.24, 2.45) is 0 Å². The van der Waals surface area contributed by atoms with E-state index in [1.165, 1.54) is 5.56 Å². The van der Waals surface area contributed by atoms with Gasteiger partial charge >= 0.3 is 0 Å². The molecule has 1 fully saturated rings. The molecule has 1 heterocycles. The second kappa shape index (κ2) is 6.50. The van der Waals surface area contributed by atoms with E-state index in [2.05, 4.69) is 16.8 Å². The normalized spacial score (nSPS) is 16.1. The van der Waals surface area contributed by atoms with Gasteiger partial charge in [-0.25, -0.2) is 0 Å². The topological polar surface area (TPSA) is 41.6 Å². The number of nitrogens with one attached hydrogen (secondary N) is 1.